The first-order valence-electron chi connectivity index (χ1n) is 9.34. The van der Waals surface area contributed by atoms with Gasteiger partial charge in [0.15, 0.2) is 5.16 Å². The number of amides is 4. The molecule has 0 radical (unpaired) electrons. The van der Waals surface area contributed by atoms with Crippen molar-refractivity contribution in [3.05, 3.63) is 41.7 Å². The number of thioether (sulfide) groups is 1. The fourth-order valence-corrected chi connectivity index (χ4v) is 3.99. The van der Waals surface area contributed by atoms with Crippen LogP contribution in [0.15, 0.2) is 35.5 Å². The Balaban J connectivity index is 1.68. The maximum atomic E-state index is 13.0. The molecule has 1 fully saturated rings. The van der Waals surface area contributed by atoms with E-state index in [-0.39, 0.29) is 11.7 Å². The average Bonchev–Trinajstić information content (AvgIpc) is 3.19. The van der Waals surface area contributed by atoms with Crippen LogP contribution in [0.4, 0.5) is 4.79 Å². The van der Waals surface area contributed by atoms with Gasteiger partial charge in [0, 0.05) is 13.0 Å². The van der Waals surface area contributed by atoms with E-state index in [1.807, 2.05) is 38.5 Å². The number of hydrogen-bond acceptors (Lipinski definition) is 6. The minimum absolute atomic E-state index is 0.00834. The highest BCUT2D eigenvalue weighted by molar-refractivity contribution is 7.99. The molecule has 4 amide bonds. The molecule has 1 aliphatic heterocycles. The normalized spacial score (nSPS) is 19.0. The third-order valence-electron chi connectivity index (χ3n) is 4.84. The Morgan fingerprint density at radius 3 is 2.52 bits per heavy atom. The van der Waals surface area contributed by atoms with Crippen molar-refractivity contribution in [2.45, 2.75) is 43.8 Å². The number of imide groups is 1. The van der Waals surface area contributed by atoms with Crippen molar-refractivity contribution in [1.82, 2.24) is 30.5 Å². The van der Waals surface area contributed by atoms with E-state index in [1.54, 1.807) is 24.3 Å². The molecule has 154 valence electrons. The van der Waals surface area contributed by atoms with Crippen molar-refractivity contribution in [2.75, 3.05) is 5.75 Å². The van der Waals surface area contributed by atoms with Crippen molar-refractivity contribution in [3.63, 3.8) is 0 Å². The molecule has 10 heteroatoms. The zero-order valence-electron chi connectivity index (χ0n) is 16.8. The first-order chi connectivity index (χ1) is 13.8. The van der Waals surface area contributed by atoms with Crippen LogP contribution in [0, 0.1) is 0 Å². The molecule has 1 atom stereocenters. The second-order valence-corrected chi connectivity index (χ2v) is 8.02. The summed E-state index contributed by atoms with van der Waals surface area (Å²) in [5, 5.41) is 12.3. The van der Waals surface area contributed by atoms with Crippen LogP contribution in [0.2, 0.25) is 0 Å². The number of hydrazine groups is 1. The molecule has 0 bridgehead atoms. The zero-order chi connectivity index (χ0) is 21.2. The van der Waals surface area contributed by atoms with Crippen LogP contribution in [0.25, 0.3) is 0 Å². The summed E-state index contributed by atoms with van der Waals surface area (Å²) < 4.78 is 1.83. The quantitative estimate of drug-likeness (QED) is 0.527. The molecule has 1 aromatic carbocycles. The van der Waals surface area contributed by atoms with E-state index in [0.717, 1.165) is 10.8 Å². The molecule has 1 aromatic heterocycles. The molecule has 2 N–H and O–H groups in total. The minimum atomic E-state index is -1.19. The predicted octanol–water partition coefficient (Wildman–Crippen LogP) is 1.92. The third kappa shape index (κ3) is 3.84. The lowest BCUT2D eigenvalue weighted by atomic mass is 9.87. The van der Waals surface area contributed by atoms with E-state index in [1.165, 1.54) is 11.8 Å². The lowest BCUT2D eigenvalue weighted by Gasteiger charge is -2.25. The van der Waals surface area contributed by atoms with Crippen molar-refractivity contribution >= 4 is 29.6 Å². The fraction of sp³-hybridized carbons (Fsp3) is 0.421. The van der Waals surface area contributed by atoms with Gasteiger partial charge in [-0.15, -0.1) is 10.2 Å². The summed E-state index contributed by atoms with van der Waals surface area (Å²) in [5.74, 6) is 0.0354. The number of nitrogens with zero attached hydrogens (tertiary/aromatic N) is 4. The van der Waals surface area contributed by atoms with Crippen molar-refractivity contribution in [2.24, 2.45) is 7.05 Å². The van der Waals surface area contributed by atoms with Crippen molar-refractivity contribution in [1.29, 1.82) is 0 Å². The number of aromatic nitrogens is 3. The van der Waals surface area contributed by atoms with Crippen LogP contribution in [-0.2, 0) is 22.2 Å². The first-order valence-corrected chi connectivity index (χ1v) is 10.3. The Kier molecular flexibility index (Phi) is 5.92. The van der Waals surface area contributed by atoms with Crippen LogP contribution in [0.1, 0.15) is 44.5 Å². The van der Waals surface area contributed by atoms with E-state index in [4.69, 9.17) is 0 Å². The van der Waals surface area contributed by atoms with Gasteiger partial charge in [0.05, 0.1) is 5.75 Å². The molecule has 1 aliphatic rings. The Morgan fingerprint density at radius 1 is 1.24 bits per heavy atom. The van der Waals surface area contributed by atoms with Crippen LogP contribution in [-0.4, -0.2) is 43.4 Å². The first kappa shape index (κ1) is 20.8. The van der Waals surface area contributed by atoms with Crippen LogP contribution in [0.3, 0.4) is 0 Å². The lowest BCUT2D eigenvalue weighted by molar-refractivity contribution is -0.138. The van der Waals surface area contributed by atoms with E-state index in [0.29, 0.717) is 17.1 Å². The second kappa shape index (κ2) is 8.24. The van der Waals surface area contributed by atoms with E-state index < -0.39 is 23.4 Å². The highest BCUT2D eigenvalue weighted by atomic mass is 32.2. The lowest BCUT2D eigenvalue weighted by Crippen LogP contribution is -2.49. The summed E-state index contributed by atoms with van der Waals surface area (Å²) in [4.78, 5) is 37.8. The van der Waals surface area contributed by atoms with Gasteiger partial charge >= 0.3 is 6.03 Å². The SMILES string of the molecule is CCC1(c2ccccc2)NC(=O)N(NC(=O)CSc2nnc(C(C)C)n2C)C1=O. The Hall–Kier alpha value is -2.88. The van der Waals surface area contributed by atoms with Gasteiger partial charge in [-0.25, -0.2) is 4.79 Å². The minimum Gasteiger partial charge on any atom is -0.318 e. The van der Waals surface area contributed by atoms with E-state index in [2.05, 4.69) is 20.9 Å². The Labute approximate surface area is 173 Å². The summed E-state index contributed by atoms with van der Waals surface area (Å²) in [6, 6.07) is 8.35. The number of nitrogens with one attached hydrogen (secondary N) is 2. The fourth-order valence-electron chi connectivity index (χ4n) is 3.28. The number of urea groups is 1. The van der Waals surface area contributed by atoms with E-state index in [9.17, 15) is 14.4 Å². The van der Waals surface area contributed by atoms with Gasteiger partial charge < -0.3 is 9.88 Å². The van der Waals surface area contributed by atoms with E-state index >= 15 is 0 Å². The van der Waals surface area contributed by atoms with Crippen molar-refractivity contribution < 1.29 is 14.4 Å². The van der Waals surface area contributed by atoms with Gasteiger partial charge in [-0.3, -0.25) is 15.0 Å². The molecule has 9 nitrogen and oxygen atoms in total. The molecule has 1 unspecified atom stereocenters. The van der Waals surface area contributed by atoms with Gasteiger partial charge in [0.25, 0.3) is 5.91 Å². The number of rotatable bonds is 7. The molecule has 2 heterocycles. The van der Waals surface area contributed by atoms with Crippen LogP contribution >= 0.6 is 11.8 Å². The standard InChI is InChI=1S/C19H24N6O3S/c1-5-19(13-9-7-6-8-10-13)16(27)25(17(28)20-19)23-14(26)11-29-18-22-21-15(12(2)3)24(18)4/h6-10,12H,5,11H2,1-4H3,(H,20,28)(H,23,26). The molecule has 0 saturated carbocycles. The number of hydrogen-bond donors (Lipinski definition) is 2. The molecule has 2 aromatic rings. The van der Waals surface area contributed by atoms with Crippen LogP contribution < -0.4 is 10.7 Å². The third-order valence-corrected chi connectivity index (χ3v) is 5.86. The van der Waals surface area contributed by atoms with Gasteiger partial charge in [0.1, 0.15) is 11.4 Å². The zero-order valence-corrected chi connectivity index (χ0v) is 17.6. The smallest absolute Gasteiger partial charge is 0.318 e. The summed E-state index contributed by atoms with van der Waals surface area (Å²) in [5.41, 5.74) is 1.90. The van der Waals surface area contributed by atoms with Crippen LogP contribution in [0.5, 0.6) is 0 Å². The molecule has 0 spiro atoms. The molecule has 3 rings (SSSR count). The molecular weight excluding hydrogens is 392 g/mol. The Morgan fingerprint density at radius 2 is 1.93 bits per heavy atom. The molecule has 29 heavy (non-hydrogen) atoms. The number of carbonyl (C=O) groups excluding carboxylic acids is 3. The summed E-state index contributed by atoms with van der Waals surface area (Å²) in [6.07, 6.45) is 0.361. The molecular formula is C19H24N6O3S. The van der Waals surface area contributed by atoms with Gasteiger partial charge in [-0.1, -0.05) is 62.9 Å². The highest BCUT2D eigenvalue weighted by Crippen LogP contribution is 2.31. The average molecular weight is 417 g/mol. The highest BCUT2D eigenvalue weighted by Gasteiger charge is 2.52. The van der Waals surface area contributed by atoms with Gasteiger partial charge in [-0.05, 0) is 12.0 Å². The monoisotopic (exact) mass is 416 g/mol. The molecule has 0 aliphatic carbocycles. The maximum Gasteiger partial charge on any atom is 0.344 e. The topological polar surface area (TPSA) is 109 Å². The summed E-state index contributed by atoms with van der Waals surface area (Å²) in [7, 11) is 1.84. The molecule has 1 saturated heterocycles. The summed E-state index contributed by atoms with van der Waals surface area (Å²) >= 11 is 1.19. The second-order valence-electron chi connectivity index (χ2n) is 7.07. The Bertz CT molecular complexity index is 929. The number of carbonyl (C=O) groups is 3. The van der Waals surface area contributed by atoms with Crippen molar-refractivity contribution in [3.8, 4) is 0 Å². The predicted molar refractivity (Wildman–Crippen MR) is 108 cm³/mol. The largest absolute Gasteiger partial charge is 0.344 e. The summed E-state index contributed by atoms with van der Waals surface area (Å²) in [6.45, 7) is 5.83. The number of benzene rings is 1. The van der Waals surface area contributed by atoms with Gasteiger partial charge in [-0.2, -0.15) is 5.01 Å². The van der Waals surface area contributed by atoms with Gasteiger partial charge in [0.2, 0.25) is 5.91 Å². The maximum absolute atomic E-state index is 13.0.